The van der Waals surface area contributed by atoms with Crippen molar-refractivity contribution in [1.82, 2.24) is 15.1 Å². The zero-order valence-corrected chi connectivity index (χ0v) is 14.9. The van der Waals surface area contributed by atoms with E-state index in [9.17, 15) is 9.59 Å². The highest BCUT2D eigenvalue weighted by Gasteiger charge is 2.19. The van der Waals surface area contributed by atoms with Crippen LogP contribution >= 0.6 is 12.4 Å². The van der Waals surface area contributed by atoms with E-state index in [-0.39, 0.29) is 44.1 Å². The lowest BCUT2D eigenvalue weighted by Gasteiger charge is -2.29. The highest BCUT2D eigenvalue weighted by atomic mass is 35.5. The van der Waals surface area contributed by atoms with Crippen molar-refractivity contribution in [2.45, 2.75) is 0 Å². The number of hydrogen-bond acceptors (Lipinski definition) is 6. The molecule has 0 bridgehead atoms. The second-order valence-electron chi connectivity index (χ2n) is 5.92. The Morgan fingerprint density at radius 1 is 1.20 bits per heavy atom. The highest BCUT2D eigenvalue weighted by molar-refractivity contribution is 5.93. The maximum Gasteiger partial charge on any atom is 0.238 e. The van der Waals surface area contributed by atoms with Gasteiger partial charge in [0.2, 0.25) is 18.6 Å². The van der Waals surface area contributed by atoms with E-state index in [1.165, 1.54) is 0 Å². The molecule has 3 rings (SSSR count). The van der Waals surface area contributed by atoms with Gasteiger partial charge in [0.05, 0.1) is 13.1 Å². The summed E-state index contributed by atoms with van der Waals surface area (Å²) in [5.41, 5.74) is 0.645. The Hall–Kier alpha value is -2.03. The molecule has 0 saturated carbocycles. The summed E-state index contributed by atoms with van der Waals surface area (Å²) in [6, 6.07) is 5.25. The van der Waals surface area contributed by atoms with Crippen molar-refractivity contribution in [2.75, 3.05) is 58.4 Å². The second-order valence-corrected chi connectivity index (χ2v) is 5.92. The Balaban J connectivity index is 0.00000225. The minimum Gasteiger partial charge on any atom is -0.454 e. The second kappa shape index (κ2) is 8.89. The van der Waals surface area contributed by atoms with Gasteiger partial charge in [-0.3, -0.25) is 14.5 Å². The van der Waals surface area contributed by atoms with Crippen LogP contribution in [-0.4, -0.2) is 74.7 Å². The van der Waals surface area contributed by atoms with Gasteiger partial charge in [0.15, 0.2) is 11.5 Å². The fourth-order valence-electron chi connectivity index (χ4n) is 2.72. The normalized spacial score (nSPS) is 15.7. The number of likely N-dealkylation sites (N-methyl/N-ethyl adjacent to an activating group) is 1. The third-order valence-corrected chi connectivity index (χ3v) is 3.94. The van der Waals surface area contributed by atoms with Gasteiger partial charge in [-0.2, -0.15) is 0 Å². The van der Waals surface area contributed by atoms with Crippen LogP contribution < -0.4 is 20.1 Å². The molecule has 0 atom stereocenters. The monoisotopic (exact) mass is 370 g/mol. The molecule has 9 heteroatoms. The van der Waals surface area contributed by atoms with E-state index < -0.39 is 0 Å². The van der Waals surface area contributed by atoms with Crippen LogP contribution in [0.5, 0.6) is 11.5 Å². The van der Waals surface area contributed by atoms with Gasteiger partial charge in [-0.25, -0.2) is 0 Å². The lowest BCUT2D eigenvalue weighted by atomic mass is 10.2. The van der Waals surface area contributed by atoms with E-state index in [0.29, 0.717) is 17.2 Å². The Labute approximate surface area is 152 Å². The highest BCUT2D eigenvalue weighted by Crippen LogP contribution is 2.34. The summed E-state index contributed by atoms with van der Waals surface area (Å²) >= 11 is 0. The van der Waals surface area contributed by atoms with Crippen LogP contribution in [0.4, 0.5) is 5.69 Å². The Morgan fingerprint density at radius 3 is 2.68 bits per heavy atom. The van der Waals surface area contributed by atoms with E-state index in [0.717, 1.165) is 26.2 Å². The van der Waals surface area contributed by atoms with E-state index in [1.807, 2.05) is 4.90 Å². The summed E-state index contributed by atoms with van der Waals surface area (Å²) in [7, 11) is 1.76. The number of ether oxygens (including phenoxy) is 2. The minimum atomic E-state index is -0.176. The predicted molar refractivity (Wildman–Crippen MR) is 95.4 cm³/mol. The average Bonchev–Trinajstić information content (AvgIpc) is 3.03. The Kier molecular flexibility index (Phi) is 6.86. The first-order valence-electron chi connectivity index (χ1n) is 7.98. The molecule has 0 unspecified atom stereocenters. The number of carbonyl (C=O) groups is 2. The largest absolute Gasteiger partial charge is 0.454 e. The number of nitrogens with one attached hydrogen (secondary N) is 2. The number of rotatable bonds is 5. The van der Waals surface area contributed by atoms with Gasteiger partial charge < -0.3 is 25.0 Å². The van der Waals surface area contributed by atoms with Crippen molar-refractivity contribution < 1.29 is 19.1 Å². The number of fused-ring (bicyclic) bond motifs is 1. The molecule has 25 heavy (non-hydrogen) atoms. The zero-order valence-electron chi connectivity index (χ0n) is 14.1. The molecule has 2 aliphatic heterocycles. The molecule has 0 spiro atoms. The van der Waals surface area contributed by atoms with Gasteiger partial charge in [-0.15, -0.1) is 12.4 Å². The molecule has 1 aromatic rings. The number of hydrogen-bond donors (Lipinski definition) is 2. The number of anilines is 1. The van der Waals surface area contributed by atoms with Crippen LogP contribution in [0.15, 0.2) is 18.2 Å². The van der Waals surface area contributed by atoms with E-state index in [2.05, 4.69) is 10.6 Å². The van der Waals surface area contributed by atoms with Crippen molar-refractivity contribution in [3.05, 3.63) is 18.2 Å². The van der Waals surface area contributed by atoms with Crippen LogP contribution in [0, 0.1) is 0 Å². The summed E-state index contributed by atoms with van der Waals surface area (Å²) in [4.78, 5) is 27.8. The molecule has 0 radical (unpaired) electrons. The average molecular weight is 371 g/mol. The number of piperazine rings is 1. The number of nitrogens with zero attached hydrogens (tertiary/aromatic N) is 2. The third-order valence-electron chi connectivity index (χ3n) is 3.94. The molecule has 8 nitrogen and oxygen atoms in total. The summed E-state index contributed by atoms with van der Waals surface area (Å²) in [5, 5.41) is 6.01. The van der Waals surface area contributed by atoms with Gasteiger partial charge in [0.1, 0.15) is 0 Å². The van der Waals surface area contributed by atoms with Crippen molar-refractivity contribution in [1.29, 1.82) is 0 Å². The summed E-state index contributed by atoms with van der Waals surface area (Å²) in [6.07, 6.45) is 0. The number of benzene rings is 1. The quantitative estimate of drug-likeness (QED) is 0.767. The van der Waals surface area contributed by atoms with Crippen molar-refractivity contribution in [3.8, 4) is 11.5 Å². The van der Waals surface area contributed by atoms with Gasteiger partial charge in [-0.1, -0.05) is 0 Å². The fraction of sp³-hybridized carbons (Fsp3) is 0.500. The van der Waals surface area contributed by atoms with E-state index in [1.54, 1.807) is 30.1 Å². The molecular weight excluding hydrogens is 348 g/mol. The Bertz CT molecular complexity index is 622. The Morgan fingerprint density at radius 2 is 1.92 bits per heavy atom. The molecule has 0 aromatic heterocycles. The maximum atomic E-state index is 12.2. The number of carbonyl (C=O) groups excluding carboxylic acids is 2. The smallest absolute Gasteiger partial charge is 0.238 e. The molecule has 1 saturated heterocycles. The van der Waals surface area contributed by atoms with Crippen LogP contribution in [-0.2, 0) is 9.59 Å². The standard InChI is InChI=1S/C16H22N4O4.ClH/c1-19(10-16(22)20-6-4-17-5-7-20)9-15(21)18-12-2-3-13-14(8-12)24-11-23-13;/h2-3,8,17H,4-7,9-11H2,1H3,(H,18,21);1H. The van der Waals surface area contributed by atoms with Gasteiger partial charge >= 0.3 is 0 Å². The minimum absolute atomic E-state index is 0. The molecule has 2 heterocycles. The molecule has 2 aliphatic rings. The van der Waals surface area contributed by atoms with Crippen molar-refractivity contribution >= 4 is 29.9 Å². The topological polar surface area (TPSA) is 83.1 Å². The summed E-state index contributed by atoms with van der Waals surface area (Å²) < 4.78 is 10.5. The fourth-order valence-corrected chi connectivity index (χ4v) is 2.72. The molecule has 2 N–H and O–H groups in total. The van der Waals surface area contributed by atoms with Crippen LogP contribution in [0.1, 0.15) is 0 Å². The lowest BCUT2D eigenvalue weighted by Crippen LogP contribution is -2.49. The third kappa shape index (κ3) is 5.22. The predicted octanol–water partition coefficient (Wildman–Crippen LogP) is 0.139. The summed E-state index contributed by atoms with van der Waals surface area (Å²) in [5.74, 6) is 1.17. The number of halogens is 1. The first kappa shape index (κ1) is 19.3. The first-order chi connectivity index (χ1) is 11.6. The summed E-state index contributed by atoms with van der Waals surface area (Å²) in [6.45, 7) is 3.65. The van der Waals surface area contributed by atoms with Gasteiger partial charge in [-0.05, 0) is 19.2 Å². The van der Waals surface area contributed by atoms with Crippen LogP contribution in [0.3, 0.4) is 0 Å². The van der Waals surface area contributed by atoms with E-state index in [4.69, 9.17) is 9.47 Å². The molecule has 1 fully saturated rings. The maximum absolute atomic E-state index is 12.2. The van der Waals surface area contributed by atoms with Crippen molar-refractivity contribution in [3.63, 3.8) is 0 Å². The molecular formula is C16H23ClN4O4. The SMILES string of the molecule is CN(CC(=O)Nc1ccc2c(c1)OCO2)CC(=O)N1CCNCC1.Cl. The number of amides is 2. The van der Waals surface area contributed by atoms with E-state index >= 15 is 0 Å². The lowest BCUT2D eigenvalue weighted by molar-refractivity contribution is -0.133. The van der Waals surface area contributed by atoms with Crippen molar-refractivity contribution in [2.24, 2.45) is 0 Å². The van der Waals surface area contributed by atoms with Crippen LogP contribution in [0.25, 0.3) is 0 Å². The molecule has 138 valence electrons. The van der Waals surface area contributed by atoms with Crippen LogP contribution in [0.2, 0.25) is 0 Å². The zero-order chi connectivity index (χ0) is 16.9. The van der Waals surface area contributed by atoms with Gasteiger partial charge in [0.25, 0.3) is 0 Å². The molecule has 1 aromatic carbocycles. The first-order valence-corrected chi connectivity index (χ1v) is 7.98. The molecule has 2 amide bonds. The molecule has 0 aliphatic carbocycles. The van der Waals surface area contributed by atoms with Gasteiger partial charge in [0, 0.05) is 37.9 Å².